The molecule has 1 unspecified atom stereocenters. The fraction of sp³-hybridized carbons (Fsp3) is 0.714. The molecule has 6 heteroatoms. The predicted molar refractivity (Wildman–Crippen MR) is 44.9 cm³/mol. The third-order valence-electron chi connectivity index (χ3n) is 1.43. The van der Waals surface area contributed by atoms with E-state index in [-0.39, 0.29) is 31.9 Å². The number of hydrogen-bond donors (Lipinski definition) is 4. The van der Waals surface area contributed by atoms with Crippen molar-refractivity contribution in [2.45, 2.75) is 18.9 Å². The van der Waals surface area contributed by atoms with Gasteiger partial charge in [0.1, 0.15) is 6.04 Å². The average Bonchev–Trinajstić information content (AvgIpc) is 2.10. The molecular weight excluding hydrogens is 176 g/mol. The van der Waals surface area contributed by atoms with Crippen molar-refractivity contribution in [1.29, 1.82) is 0 Å². The fourth-order valence-corrected chi connectivity index (χ4v) is 0.694. The molecule has 0 radical (unpaired) electrons. The number of hydrogen-bond acceptors (Lipinski definition) is 4. The van der Waals surface area contributed by atoms with E-state index in [1.807, 2.05) is 0 Å². The number of nitrogens with two attached hydrogens (primary N) is 1. The van der Waals surface area contributed by atoms with Crippen molar-refractivity contribution in [2.24, 2.45) is 5.73 Å². The Morgan fingerprint density at radius 2 is 2.08 bits per heavy atom. The van der Waals surface area contributed by atoms with Crippen LogP contribution in [0, 0.1) is 0 Å². The normalized spacial score (nSPS) is 12.2. The van der Waals surface area contributed by atoms with Crippen molar-refractivity contribution >= 4 is 11.9 Å². The number of carbonyl (C=O) groups excluding carboxylic acids is 1. The number of aliphatic carboxylic acids is 1. The van der Waals surface area contributed by atoms with Gasteiger partial charge in [-0.3, -0.25) is 9.59 Å². The van der Waals surface area contributed by atoms with Gasteiger partial charge in [-0.05, 0) is 6.42 Å². The Balaban J connectivity index is 3.52. The average molecular weight is 190 g/mol. The first-order valence-corrected chi connectivity index (χ1v) is 3.94. The van der Waals surface area contributed by atoms with Gasteiger partial charge < -0.3 is 21.3 Å². The second-order valence-electron chi connectivity index (χ2n) is 2.56. The van der Waals surface area contributed by atoms with Gasteiger partial charge in [-0.25, -0.2) is 0 Å². The van der Waals surface area contributed by atoms with Crippen molar-refractivity contribution in [1.82, 2.24) is 5.32 Å². The molecule has 0 heterocycles. The molecule has 0 aliphatic rings. The third kappa shape index (κ3) is 6.06. The van der Waals surface area contributed by atoms with Crippen molar-refractivity contribution in [2.75, 3.05) is 13.2 Å². The first-order valence-electron chi connectivity index (χ1n) is 3.94. The number of nitrogens with one attached hydrogen (secondary N) is 1. The Morgan fingerprint density at radius 1 is 1.46 bits per heavy atom. The molecule has 0 spiro atoms. The minimum atomic E-state index is -1.12. The summed E-state index contributed by atoms with van der Waals surface area (Å²) >= 11 is 0. The van der Waals surface area contributed by atoms with Crippen LogP contribution >= 0.6 is 0 Å². The van der Waals surface area contributed by atoms with Crippen molar-refractivity contribution in [3.05, 3.63) is 0 Å². The summed E-state index contributed by atoms with van der Waals surface area (Å²) in [4.78, 5) is 21.1. The molecule has 0 aromatic carbocycles. The lowest BCUT2D eigenvalue weighted by molar-refractivity contribution is -0.138. The number of carbonyl (C=O) groups is 2. The largest absolute Gasteiger partial charge is 0.480 e. The molecule has 76 valence electrons. The third-order valence-corrected chi connectivity index (χ3v) is 1.43. The molecule has 0 saturated carbocycles. The summed E-state index contributed by atoms with van der Waals surface area (Å²) in [6, 6.07) is -1.00. The van der Waals surface area contributed by atoms with E-state index in [2.05, 4.69) is 5.32 Å². The Labute approximate surface area is 75.7 Å². The molecule has 1 atom stereocenters. The molecule has 6 nitrogen and oxygen atoms in total. The van der Waals surface area contributed by atoms with Crippen LogP contribution in [0.5, 0.6) is 0 Å². The lowest BCUT2D eigenvalue weighted by Crippen LogP contribution is -2.33. The molecule has 13 heavy (non-hydrogen) atoms. The van der Waals surface area contributed by atoms with Gasteiger partial charge in [-0.1, -0.05) is 0 Å². The lowest BCUT2D eigenvalue weighted by Gasteiger charge is -2.05. The van der Waals surface area contributed by atoms with E-state index >= 15 is 0 Å². The zero-order chi connectivity index (χ0) is 10.3. The molecule has 0 aromatic heterocycles. The summed E-state index contributed by atoms with van der Waals surface area (Å²) in [5.74, 6) is -1.42. The highest BCUT2D eigenvalue weighted by Crippen LogP contribution is 1.94. The maximum absolute atomic E-state index is 10.9. The van der Waals surface area contributed by atoms with E-state index in [1.54, 1.807) is 0 Å². The first kappa shape index (κ1) is 11.9. The summed E-state index contributed by atoms with van der Waals surface area (Å²) in [6.07, 6.45) is 0.167. The van der Waals surface area contributed by atoms with Gasteiger partial charge in [0.2, 0.25) is 5.91 Å². The van der Waals surface area contributed by atoms with Crippen molar-refractivity contribution in [3.63, 3.8) is 0 Å². The molecule has 5 N–H and O–H groups in total. The summed E-state index contributed by atoms with van der Waals surface area (Å²) < 4.78 is 0. The number of rotatable bonds is 6. The lowest BCUT2D eigenvalue weighted by atomic mass is 10.1. The standard InChI is InChI=1S/C7H14N2O4/c8-5(7(12)13)1-2-6(11)9-3-4-10/h5,10H,1-4,8H2,(H,9,11)(H,12,13). The van der Waals surface area contributed by atoms with Gasteiger partial charge in [0.15, 0.2) is 0 Å². The van der Waals surface area contributed by atoms with E-state index in [0.29, 0.717) is 0 Å². The van der Waals surface area contributed by atoms with Crippen LogP contribution in [-0.2, 0) is 9.59 Å². The second kappa shape index (κ2) is 6.38. The van der Waals surface area contributed by atoms with Crippen molar-refractivity contribution < 1.29 is 19.8 Å². The summed E-state index contributed by atoms with van der Waals surface area (Å²) in [7, 11) is 0. The van der Waals surface area contributed by atoms with E-state index in [9.17, 15) is 9.59 Å². The van der Waals surface area contributed by atoms with Crippen LogP contribution in [0.1, 0.15) is 12.8 Å². The van der Waals surface area contributed by atoms with E-state index in [0.717, 1.165) is 0 Å². The van der Waals surface area contributed by atoms with Crippen molar-refractivity contribution in [3.8, 4) is 0 Å². The van der Waals surface area contributed by atoms with Crippen LogP contribution < -0.4 is 11.1 Å². The summed E-state index contributed by atoms with van der Waals surface area (Å²) in [5, 5.41) is 19.1. The zero-order valence-electron chi connectivity index (χ0n) is 7.19. The van der Waals surface area contributed by atoms with E-state index in [1.165, 1.54) is 0 Å². The summed E-state index contributed by atoms with van der Waals surface area (Å²) in [6.45, 7) is 0.0534. The van der Waals surface area contributed by atoms with Gasteiger partial charge in [0, 0.05) is 13.0 Å². The van der Waals surface area contributed by atoms with Gasteiger partial charge >= 0.3 is 5.97 Å². The van der Waals surface area contributed by atoms with Gasteiger partial charge in [0.25, 0.3) is 0 Å². The number of aliphatic hydroxyl groups is 1. The maximum Gasteiger partial charge on any atom is 0.320 e. The Morgan fingerprint density at radius 3 is 2.54 bits per heavy atom. The highest BCUT2D eigenvalue weighted by Gasteiger charge is 2.12. The molecule has 0 aliphatic heterocycles. The minimum absolute atomic E-state index is 0.0630. The number of carboxylic acid groups (broad SMARTS) is 1. The first-order chi connectivity index (χ1) is 6.07. The van der Waals surface area contributed by atoms with E-state index in [4.69, 9.17) is 15.9 Å². The molecule has 0 saturated heterocycles. The SMILES string of the molecule is NC(CCC(=O)NCCO)C(=O)O. The van der Waals surface area contributed by atoms with Crippen LogP contribution in [0.15, 0.2) is 0 Å². The van der Waals surface area contributed by atoms with Gasteiger partial charge in [0.05, 0.1) is 6.61 Å². The van der Waals surface area contributed by atoms with Crippen LogP contribution in [0.25, 0.3) is 0 Å². The molecular formula is C7H14N2O4. The van der Waals surface area contributed by atoms with Gasteiger partial charge in [-0.2, -0.15) is 0 Å². The highest BCUT2D eigenvalue weighted by molar-refractivity contribution is 5.78. The smallest absolute Gasteiger partial charge is 0.320 e. The van der Waals surface area contributed by atoms with Crippen LogP contribution in [0.3, 0.4) is 0 Å². The monoisotopic (exact) mass is 190 g/mol. The van der Waals surface area contributed by atoms with Crippen LogP contribution in [-0.4, -0.2) is 41.3 Å². The Kier molecular flexibility index (Phi) is 5.82. The summed E-state index contributed by atoms with van der Waals surface area (Å²) in [5.41, 5.74) is 5.16. The molecule has 0 rings (SSSR count). The number of carboxylic acids is 1. The molecule has 0 aliphatic carbocycles. The number of amides is 1. The molecule has 1 amide bonds. The second-order valence-corrected chi connectivity index (χ2v) is 2.56. The van der Waals surface area contributed by atoms with E-state index < -0.39 is 12.0 Å². The molecule has 0 bridgehead atoms. The Hall–Kier alpha value is -1.14. The van der Waals surface area contributed by atoms with Crippen LogP contribution in [0.4, 0.5) is 0 Å². The Bertz CT molecular complexity index is 183. The zero-order valence-corrected chi connectivity index (χ0v) is 7.19. The predicted octanol–water partition coefficient (Wildman–Crippen LogP) is -1.71. The van der Waals surface area contributed by atoms with Gasteiger partial charge in [-0.15, -0.1) is 0 Å². The topological polar surface area (TPSA) is 113 Å². The highest BCUT2D eigenvalue weighted by atomic mass is 16.4. The molecule has 0 aromatic rings. The fourth-order valence-electron chi connectivity index (χ4n) is 0.694. The minimum Gasteiger partial charge on any atom is -0.480 e. The molecule has 0 fully saturated rings. The maximum atomic E-state index is 10.9. The number of aliphatic hydroxyl groups excluding tert-OH is 1. The quantitative estimate of drug-likeness (QED) is 0.398. The van der Waals surface area contributed by atoms with Crippen LogP contribution in [0.2, 0.25) is 0 Å².